The van der Waals surface area contributed by atoms with E-state index in [0.29, 0.717) is 6.61 Å². The van der Waals surface area contributed by atoms with E-state index in [0.717, 1.165) is 15.9 Å². The highest BCUT2D eigenvalue weighted by atomic mass is 28.4. The summed E-state index contributed by atoms with van der Waals surface area (Å²) < 4.78 is 12.9. The van der Waals surface area contributed by atoms with Crippen LogP contribution in [-0.4, -0.2) is 43.4 Å². The molecule has 0 radical (unpaired) electrons. The van der Waals surface area contributed by atoms with E-state index < -0.39 is 26.6 Å². The highest BCUT2D eigenvalue weighted by molar-refractivity contribution is 6.99. The van der Waals surface area contributed by atoms with Crippen LogP contribution in [0.1, 0.15) is 32.8 Å². The number of hydrogen-bond donors (Lipinski definition) is 2. The molecule has 0 aromatic heterocycles. The summed E-state index contributed by atoms with van der Waals surface area (Å²) >= 11 is 0. The fourth-order valence-corrected chi connectivity index (χ4v) is 9.06. The Morgan fingerprint density at radius 2 is 1.31 bits per heavy atom. The Morgan fingerprint density at radius 3 is 1.77 bits per heavy atom. The molecule has 0 spiro atoms. The molecule has 0 saturated heterocycles. The molecule has 0 fully saturated rings. The average Bonchev–Trinajstić information content (AvgIpc) is 2.87. The number of ether oxygens (including phenoxy) is 1. The maximum absolute atomic E-state index is 11.2. The van der Waals surface area contributed by atoms with Crippen LogP contribution in [0.3, 0.4) is 0 Å². The molecule has 3 atom stereocenters. The molecule has 4 nitrogen and oxygen atoms in total. The Morgan fingerprint density at radius 1 is 0.829 bits per heavy atom. The van der Waals surface area contributed by atoms with Crippen molar-refractivity contribution in [3.05, 3.63) is 96.6 Å². The first kappa shape index (κ1) is 26.9. The smallest absolute Gasteiger partial charge is 0.261 e. The number of terminal acetylenes is 1. The van der Waals surface area contributed by atoms with E-state index in [1.54, 1.807) is 0 Å². The molecule has 0 saturated carbocycles. The zero-order valence-electron chi connectivity index (χ0n) is 20.8. The Kier molecular flexibility index (Phi) is 9.45. The van der Waals surface area contributed by atoms with Gasteiger partial charge in [-0.2, -0.15) is 0 Å². The van der Waals surface area contributed by atoms with Gasteiger partial charge in [0.2, 0.25) is 0 Å². The minimum atomic E-state index is -2.81. The summed E-state index contributed by atoms with van der Waals surface area (Å²) in [5, 5.41) is 23.4. The molecule has 0 aliphatic heterocycles. The molecule has 35 heavy (non-hydrogen) atoms. The van der Waals surface area contributed by atoms with Crippen molar-refractivity contribution >= 4 is 18.7 Å². The first-order chi connectivity index (χ1) is 16.8. The van der Waals surface area contributed by atoms with Gasteiger partial charge in [-0.1, -0.05) is 118 Å². The van der Waals surface area contributed by atoms with Crippen molar-refractivity contribution in [3.63, 3.8) is 0 Å². The lowest BCUT2D eigenvalue weighted by Gasteiger charge is -2.43. The fourth-order valence-electron chi connectivity index (χ4n) is 4.48. The summed E-state index contributed by atoms with van der Waals surface area (Å²) in [6.45, 7) is 6.94. The second-order valence-corrected chi connectivity index (χ2v) is 14.1. The van der Waals surface area contributed by atoms with Gasteiger partial charge in [0.05, 0.1) is 19.3 Å². The molecule has 3 aromatic rings. The van der Waals surface area contributed by atoms with E-state index in [2.05, 4.69) is 51.0 Å². The van der Waals surface area contributed by atoms with E-state index in [-0.39, 0.29) is 18.1 Å². The lowest BCUT2D eigenvalue weighted by Crippen LogP contribution is -2.67. The first-order valence-corrected chi connectivity index (χ1v) is 13.9. The lowest BCUT2D eigenvalue weighted by atomic mass is 10.1. The predicted octanol–water partition coefficient (Wildman–Crippen LogP) is 3.89. The third-order valence-electron chi connectivity index (χ3n) is 6.27. The van der Waals surface area contributed by atoms with Crippen molar-refractivity contribution in [2.45, 2.75) is 57.1 Å². The van der Waals surface area contributed by atoms with Gasteiger partial charge in [-0.3, -0.25) is 0 Å². The Labute approximate surface area is 210 Å². The number of aliphatic hydroxyl groups excluding tert-OH is 2. The van der Waals surface area contributed by atoms with Crippen molar-refractivity contribution in [2.75, 3.05) is 6.61 Å². The van der Waals surface area contributed by atoms with Gasteiger partial charge in [0, 0.05) is 6.42 Å². The van der Waals surface area contributed by atoms with Gasteiger partial charge < -0.3 is 19.4 Å². The van der Waals surface area contributed by atoms with Crippen molar-refractivity contribution in [2.24, 2.45) is 0 Å². The third kappa shape index (κ3) is 6.70. The fraction of sp³-hybridized carbons (Fsp3) is 0.333. The Bertz CT molecular complexity index is 1020. The standard InChI is InChI=1S/C30H36O4Si/c1-5-25(31)21-29(33-22-24-15-9-6-10-16-24)28(32)23-34-35(30(2,3)4,26-17-11-7-12-18-26)27-19-13-8-14-20-27/h1,6-20,25,28-29,31-32H,21-23H2,2-4H3/t25?,28-,29+/m1/s1. The average molecular weight is 489 g/mol. The minimum Gasteiger partial charge on any atom is -0.405 e. The van der Waals surface area contributed by atoms with Gasteiger partial charge in [-0.15, -0.1) is 6.42 Å². The maximum Gasteiger partial charge on any atom is 0.261 e. The van der Waals surface area contributed by atoms with E-state index in [4.69, 9.17) is 15.6 Å². The van der Waals surface area contributed by atoms with Gasteiger partial charge in [0.15, 0.2) is 0 Å². The van der Waals surface area contributed by atoms with Gasteiger partial charge in [0.1, 0.15) is 12.2 Å². The number of hydrogen-bond acceptors (Lipinski definition) is 4. The van der Waals surface area contributed by atoms with Crippen LogP contribution < -0.4 is 10.4 Å². The van der Waals surface area contributed by atoms with Crippen LogP contribution in [0.15, 0.2) is 91.0 Å². The van der Waals surface area contributed by atoms with Gasteiger partial charge in [-0.05, 0) is 21.0 Å². The molecule has 184 valence electrons. The van der Waals surface area contributed by atoms with Crippen LogP contribution in [0.2, 0.25) is 5.04 Å². The van der Waals surface area contributed by atoms with Crippen LogP contribution in [-0.2, 0) is 15.8 Å². The SMILES string of the molecule is C#CC(O)C[C@H](OCc1ccccc1)[C@H](O)CO[Si](c1ccccc1)(c1ccccc1)C(C)(C)C. The van der Waals surface area contributed by atoms with Crippen LogP contribution in [0.5, 0.6) is 0 Å². The van der Waals surface area contributed by atoms with E-state index in [9.17, 15) is 10.2 Å². The second kappa shape index (κ2) is 12.3. The van der Waals surface area contributed by atoms with E-state index in [1.807, 2.05) is 66.7 Å². The minimum absolute atomic E-state index is 0.0596. The lowest BCUT2D eigenvalue weighted by molar-refractivity contribution is -0.0757. The summed E-state index contributed by atoms with van der Waals surface area (Å²) in [5.74, 6) is 2.33. The Balaban J connectivity index is 1.89. The molecule has 2 N–H and O–H groups in total. The molecule has 0 heterocycles. The second-order valence-electron chi connectivity index (χ2n) is 9.79. The molecule has 5 heteroatoms. The third-order valence-corrected chi connectivity index (χ3v) is 11.3. The van der Waals surface area contributed by atoms with Gasteiger partial charge in [0.25, 0.3) is 8.32 Å². The summed E-state index contributed by atoms with van der Waals surface area (Å²) in [5.41, 5.74) is 0.979. The zero-order valence-corrected chi connectivity index (χ0v) is 21.8. The Hall–Kier alpha value is -2.72. The summed E-state index contributed by atoms with van der Waals surface area (Å²) in [6.07, 6.45) is 2.87. The molecule has 1 unspecified atom stereocenters. The van der Waals surface area contributed by atoms with Crippen molar-refractivity contribution in [3.8, 4) is 12.3 Å². The van der Waals surface area contributed by atoms with E-state index >= 15 is 0 Å². The molecule has 3 aromatic carbocycles. The summed E-state index contributed by atoms with van der Waals surface area (Å²) in [7, 11) is -2.81. The normalized spacial score (nSPS) is 14.6. The largest absolute Gasteiger partial charge is 0.405 e. The molecule has 0 aliphatic carbocycles. The predicted molar refractivity (Wildman–Crippen MR) is 144 cm³/mol. The van der Waals surface area contributed by atoms with Crippen LogP contribution in [0.25, 0.3) is 0 Å². The highest BCUT2D eigenvalue weighted by Gasteiger charge is 2.50. The number of rotatable bonds is 11. The summed E-state index contributed by atoms with van der Waals surface area (Å²) in [4.78, 5) is 0. The number of benzene rings is 3. The number of aliphatic hydroxyl groups is 2. The van der Waals surface area contributed by atoms with E-state index in [1.165, 1.54) is 0 Å². The van der Waals surface area contributed by atoms with Crippen molar-refractivity contribution in [1.29, 1.82) is 0 Å². The highest BCUT2D eigenvalue weighted by Crippen LogP contribution is 2.37. The maximum atomic E-state index is 11.2. The molecule has 0 aliphatic rings. The van der Waals surface area contributed by atoms with Gasteiger partial charge in [-0.25, -0.2) is 0 Å². The zero-order chi connectivity index (χ0) is 25.3. The van der Waals surface area contributed by atoms with Gasteiger partial charge >= 0.3 is 0 Å². The molecular formula is C30H36O4Si. The van der Waals surface area contributed by atoms with Crippen LogP contribution in [0.4, 0.5) is 0 Å². The molecule has 0 amide bonds. The molecular weight excluding hydrogens is 452 g/mol. The summed E-state index contributed by atoms with van der Waals surface area (Å²) in [6, 6.07) is 30.3. The van der Waals surface area contributed by atoms with Crippen LogP contribution >= 0.6 is 0 Å². The monoisotopic (exact) mass is 488 g/mol. The van der Waals surface area contributed by atoms with Crippen molar-refractivity contribution < 1.29 is 19.4 Å². The molecule has 3 rings (SSSR count). The first-order valence-electron chi connectivity index (χ1n) is 12.0. The van der Waals surface area contributed by atoms with Crippen molar-refractivity contribution in [1.82, 2.24) is 0 Å². The molecule has 0 bridgehead atoms. The quantitative estimate of drug-likeness (QED) is 0.318. The van der Waals surface area contributed by atoms with Crippen LogP contribution in [0, 0.1) is 12.3 Å². The topological polar surface area (TPSA) is 58.9 Å².